The number of H-pyrrole nitrogens is 2. The van der Waals surface area contributed by atoms with Gasteiger partial charge in [0.2, 0.25) is 0 Å². The fourth-order valence-corrected chi connectivity index (χ4v) is 10.7. The molecule has 0 radical (unpaired) electrons. The van der Waals surface area contributed by atoms with Gasteiger partial charge in [-0.15, -0.1) is 0 Å². The van der Waals surface area contributed by atoms with Crippen molar-refractivity contribution >= 4 is 44.4 Å². The van der Waals surface area contributed by atoms with Crippen LogP contribution in [0.5, 0.6) is 0 Å². The van der Waals surface area contributed by atoms with Crippen LogP contribution < -0.4 is 0 Å². The van der Waals surface area contributed by atoms with E-state index in [1.807, 2.05) is 0 Å². The maximum absolute atomic E-state index is 5.77. The molecule has 3 aromatic heterocycles. The summed E-state index contributed by atoms with van der Waals surface area (Å²) in [6, 6.07) is 94.9. The summed E-state index contributed by atoms with van der Waals surface area (Å²) in [5, 5.41) is 0. The third-order valence-electron chi connectivity index (χ3n) is 13.7. The van der Waals surface area contributed by atoms with Crippen molar-refractivity contribution in [2.24, 2.45) is 0 Å². The normalized spacial score (nSPS) is 12.3. The summed E-state index contributed by atoms with van der Waals surface area (Å²) >= 11 is 0. The van der Waals surface area contributed by atoms with Crippen molar-refractivity contribution in [2.75, 3.05) is 0 Å². The first-order valence-corrected chi connectivity index (χ1v) is 24.5. The average molecular weight is 919 g/mol. The van der Waals surface area contributed by atoms with Crippen LogP contribution in [0.2, 0.25) is 0 Å². The van der Waals surface area contributed by atoms with Crippen LogP contribution >= 0.6 is 0 Å². The monoisotopic (exact) mass is 918 g/mol. The summed E-state index contributed by atoms with van der Waals surface area (Å²) in [6.45, 7) is 0. The van der Waals surface area contributed by atoms with Gasteiger partial charge in [-0.3, -0.25) is 0 Å². The van der Waals surface area contributed by atoms with Gasteiger partial charge in [0.15, 0.2) is 0 Å². The van der Waals surface area contributed by atoms with E-state index in [4.69, 9.17) is 9.97 Å². The molecule has 11 aromatic rings. The number of hydrogen-bond donors (Lipinski definition) is 2. The summed E-state index contributed by atoms with van der Waals surface area (Å²) in [5.41, 5.74) is 24.5. The molecule has 0 fully saturated rings. The van der Waals surface area contributed by atoms with Crippen LogP contribution in [-0.2, 0) is 0 Å². The molecule has 0 aliphatic carbocycles. The first-order valence-electron chi connectivity index (χ1n) is 24.5. The number of aromatic nitrogens is 4. The molecule has 0 atom stereocenters. The van der Waals surface area contributed by atoms with Crippen LogP contribution in [-0.4, -0.2) is 19.9 Å². The SMILES string of the molecule is c1ccc(C2=C(c3ccccc3)c3cc4[nH]c(cc5nc(cc6[nH]c(cc2n3)c(-c2ccccc2)c6-c2ccccc2)C(c2ccccc2)=C5c2ccccc2)c(-c2ccccc2)c4-c2ccccc2)cc1. The molecule has 0 saturated carbocycles. The largest absolute Gasteiger partial charge is 0.354 e. The Kier molecular flexibility index (Phi) is 10.8. The molecule has 4 nitrogen and oxygen atoms in total. The summed E-state index contributed by atoms with van der Waals surface area (Å²) in [4.78, 5) is 19.6. The highest BCUT2D eigenvalue weighted by molar-refractivity contribution is 6.12. The lowest BCUT2D eigenvalue weighted by atomic mass is 9.91. The minimum Gasteiger partial charge on any atom is -0.354 e. The number of nitrogens with zero attached hydrogens (tertiary/aromatic N) is 2. The van der Waals surface area contributed by atoms with Gasteiger partial charge in [0.1, 0.15) is 0 Å². The molecule has 4 heteroatoms. The average Bonchev–Trinajstić information content (AvgIpc) is 4.20. The van der Waals surface area contributed by atoms with Crippen LogP contribution in [0.4, 0.5) is 0 Å². The first kappa shape index (κ1) is 42.5. The molecule has 2 N–H and O–H groups in total. The molecule has 0 saturated heterocycles. The van der Waals surface area contributed by atoms with Gasteiger partial charge in [-0.25, -0.2) is 9.97 Å². The molecule has 72 heavy (non-hydrogen) atoms. The number of aromatic amines is 2. The van der Waals surface area contributed by atoms with Gasteiger partial charge in [-0.05, 0) is 68.8 Å². The zero-order valence-corrected chi connectivity index (χ0v) is 39.3. The minimum absolute atomic E-state index is 0.857. The number of fused-ring (bicyclic) bond motifs is 8. The van der Waals surface area contributed by atoms with E-state index in [1.54, 1.807) is 0 Å². The summed E-state index contributed by atoms with van der Waals surface area (Å²) in [5.74, 6) is 0. The van der Waals surface area contributed by atoms with Crippen molar-refractivity contribution in [2.45, 2.75) is 0 Å². The van der Waals surface area contributed by atoms with E-state index in [0.29, 0.717) is 0 Å². The standard InChI is InChI=1S/C68H46N4/c1-9-25-45(26-10-1)61-53-41-55-63(47-29-13-3-14-30-47)65(49-33-17-5-18-34-49)57(70-55)43-59-67(51-37-21-7-22-38-51)68(52-39-23-8-24-40-52)60(72-59)44-58-66(50-35-19-6-20-36-50)64(48-31-15-4-16-32-48)56(71-58)42-54(69-53)62(61)46-27-11-2-12-28-46/h1-44,69,72H. The molecule has 2 aliphatic heterocycles. The van der Waals surface area contributed by atoms with E-state index in [9.17, 15) is 0 Å². The predicted molar refractivity (Wildman–Crippen MR) is 299 cm³/mol. The molecule has 2 aliphatic rings. The Morgan fingerprint density at radius 1 is 0.194 bits per heavy atom. The van der Waals surface area contributed by atoms with Gasteiger partial charge in [0.25, 0.3) is 0 Å². The second kappa shape index (κ2) is 18.4. The van der Waals surface area contributed by atoms with Gasteiger partial charge >= 0.3 is 0 Å². The minimum atomic E-state index is 0.857. The Morgan fingerprint density at radius 3 is 0.542 bits per heavy atom. The molecule has 13 rings (SSSR count). The fraction of sp³-hybridized carbons (Fsp3) is 0. The highest BCUT2D eigenvalue weighted by atomic mass is 14.8. The van der Waals surface area contributed by atoms with E-state index in [1.165, 1.54) is 0 Å². The zero-order valence-electron chi connectivity index (χ0n) is 39.3. The molecule has 5 heterocycles. The Morgan fingerprint density at radius 2 is 0.361 bits per heavy atom. The summed E-state index contributed by atoms with van der Waals surface area (Å²) in [7, 11) is 0. The number of hydrogen-bond acceptors (Lipinski definition) is 2. The predicted octanol–water partition coefficient (Wildman–Crippen LogP) is 17.0. The highest BCUT2D eigenvalue weighted by Gasteiger charge is 2.28. The van der Waals surface area contributed by atoms with Crippen LogP contribution in [0, 0.1) is 0 Å². The summed E-state index contributed by atoms with van der Waals surface area (Å²) < 4.78 is 0. The van der Waals surface area contributed by atoms with Crippen LogP contribution in [0.3, 0.4) is 0 Å². The molecule has 0 amide bonds. The lowest BCUT2D eigenvalue weighted by molar-refractivity contribution is 1.29. The van der Waals surface area contributed by atoms with Gasteiger partial charge in [-0.1, -0.05) is 243 Å². The lowest BCUT2D eigenvalue weighted by Crippen LogP contribution is -1.90. The Hall–Kier alpha value is -9.64. The van der Waals surface area contributed by atoms with Crippen molar-refractivity contribution in [1.29, 1.82) is 0 Å². The summed E-state index contributed by atoms with van der Waals surface area (Å²) in [6.07, 6.45) is 0. The maximum atomic E-state index is 5.77. The lowest BCUT2D eigenvalue weighted by Gasteiger charge is -2.10. The van der Waals surface area contributed by atoms with Gasteiger partial charge < -0.3 is 9.97 Å². The molecule has 338 valence electrons. The molecular formula is C68H46N4. The number of benzene rings is 8. The van der Waals surface area contributed by atoms with Crippen molar-refractivity contribution < 1.29 is 0 Å². The van der Waals surface area contributed by atoms with Crippen molar-refractivity contribution in [1.82, 2.24) is 19.9 Å². The first-order chi connectivity index (χ1) is 35.7. The van der Waals surface area contributed by atoms with Crippen molar-refractivity contribution in [3.8, 4) is 44.5 Å². The fourth-order valence-electron chi connectivity index (χ4n) is 10.7. The smallest absolute Gasteiger partial charge is 0.0743 e. The van der Waals surface area contributed by atoms with Crippen LogP contribution in [0.15, 0.2) is 267 Å². The number of nitrogens with one attached hydrogen (secondary N) is 2. The van der Waals surface area contributed by atoms with E-state index in [0.717, 1.165) is 134 Å². The Labute approximate surface area is 418 Å². The molecular weight excluding hydrogens is 873 g/mol. The van der Waals surface area contributed by atoms with E-state index >= 15 is 0 Å². The molecule has 0 unspecified atom stereocenters. The van der Waals surface area contributed by atoms with Crippen molar-refractivity contribution in [3.05, 3.63) is 312 Å². The second-order valence-corrected chi connectivity index (χ2v) is 18.2. The Balaban J connectivity index is 1.29. The number of rotatable bonds is 8. The topological polar surface area (TPSA) is 57.4 Å². The zero-order chi connectivity index (χ0) is 47.8. The van der Waals surface area contributed by atoms with Gasteiger partial charge in [0.05, 0.1) is 22.8 Å². The third kappa shape index (κ3) is 7.68. The van der Waals surface area contributed by atoms with E-state index < -0.39 is 0 Å². The van der Waals surface area contributed by atoms with Crippen LogP contribution in [0.25, 0.3) is 88.9 Å². The van der Waals surface area contributed by atoms with Crippen molar-refractivity contribution in [3.63, 3.8) is 0 Å². The quantitative estimate of drug-likeness (QED) is 0.160. The van der Waals surface area contributed by atoms with E-state index in [2.05, 4.69) is 277 Å². The third-order valence-corrected chi connectivity index (χ3v) is 13.7. The van der Waals surface area contributed by atoms with Crippen LogP contribution in [0.1, 0.15) is 45.0 Å². The Bertz CT molecular complexity index is 3490. The second-order valence-electron chi connectivity index (χ2n) is 18.2. The maximum Gasteiger partial charge on any atom is 0.0743 e. The van der Waals surface area contributed by atoms with Gasteiger partial charge in [-0.2, -0.15) is 0 Å². The van der Waals surface area contributed by atoms with E-state index in [-0.39, 0.29) is 0 Å². The highest BCUT2D eigenvalue weighted by Crippen LogP contribution is 2.47. The molecule has 8 bridgehead atoms. The molecule has 8 aromatic carbocycles. The van der Waals surface area contributed by atoms with Gasteiger partial charge in [0, 0.05) is 66.6 Å². The molecule has 0 spiro atoms.